The van der Waals surface area contributed by atoms with Crippen LogP contribution in [0.2, 0.25) is 0 Å². The number of nitrogens with zero attached hydrogens (tertiary/aromatic N) is 1. The van der Waals surface area contributed by atoms with E-state index in [1.54, 1.807) is 97.3 Å². The SMILES string of the molecule is O=C(Nc1cccc(NC(=O)C(NC(=O)c2ccccc2)c2ccccc2)c1)c1ccncc1. The molecule has 1 atom stereocenters. The van der Waals surface area contributed by atoms with E-state index in [1.807, 2.05) is 12.1 Å². The molecule has 1 heterocycles. The summed E-state index contributed by atoms with van der Waals surface area (Å²) in [5.74, 6) is -1.06. The Hall–Kier alpha value is -4.78. The zero-order valence-electron chi connectivity index (χ0n) is 18.1. The second kappa shape index (κ2) is 10.7. The topological polar surface area (TPSA) is 100 Å². The van der Waals surface area contributed by atoms with E-state index in [0.717, 1.165) is 0 Å². The van der Waals surface area contributed by atoms with Gasteiger partial charge in [0.1, 0.15) is 6.04 Å². The van der Waals surface area contributed by atoms with Crippen molar-refractivity contribution < 1.29 is 14.4 Å². The highest BCUT2D eigenvalue weighted by Gasteiger charge is 2.23. The predicted molar refractivity (Wildman–Crippen MR) is 130 cm³/mol. The molecule has 0 saturated carbocycles. The molecule has 0 spiro atoms. The first-order valence-electron chi connectivity index (χ1n) is 10.6. The van der Waals surface area contributed by atoms with Crippen LogP contribution in [0.3, 0.4) is 0 Å². The molecule has 0 aliphatic heterocycles. The summed E-state index contributed by atoms with van der Waals surface area (Å²) < 4.78 is 0. The summed E-state index contributed by atoms with van der Waals surface area (Å²) in [6, 6.07) is 26.8. The molecular formula is C27H22N4O3. The first-order valence-corrected chi connectivity index (χ1v) is 10.6. The molecule has 3 aromatic carbocycles. The summed E-state index contributed by atoms with van der Waals surface area (Å²) in [6.07, 6.45) is 3.08. The summed E-state index contributed by atoms with van der Waals surface area (Å²) in [5, 5.41) is 8.45. The van der Waals surface area contributed by atoms with E-state index in [1.165, 1.54) is 0 Å². The van der Waals surface area contributed by atoms with E-state index in [4.69, 9.17) is 0 Å². The van der Waals surface area contributed by atoms with Crippen LogP contribution in [0.15, 0.2) is 109 Å². The fraction of sp³-hybridized carbons (Fsp3) is 0.0370. The van der Waals surface area contributed by atoms with Gasteiger partial charge in [0.2, 0.25) is 0 Å². The molecule has 168 valence electrons. The van der Waals surface area contributed by atoms with Crippen LogP contribution in [0.25, 0.3) is 0 Å². The van der Waals surface area contributed by atoms with Crippen LogP contribution in [-0.2, 0) is 4.79 Å². The Morgan fingerprint density at radius 3 is 1.88 bits per heavy atom. The van der Waals surface area contributed by atoms with Crippen molar-refractivity contribution in [3.63, 3.8) is 0 Å². The number of nitrogens with one attached hydrogen (secondary N) is 3. The van der Waals surface area contributed by atoms with Gasteiger partial charge in [-0.3, -0.25) is 19.4 Å². The van der Waals surface area contributed by atoms with E-state index in [-0.39, 0.29) is 11.8 Å². The molecule has 0 radical (unpaired) electrons. The Kier molecular flexibility index (Phi) is 7.05. The Morgan fingerprint density at radius 2 is 1.21 bits per heavy atom. The fourth-order valence-corrected chi connectivity index (χ4v) is 3.35. The molecule has 7 nitrogen and oxygen atoms in total. The molecule has 0 saturated heterocycles. The highest BCUT2D eigenvalue weighted by Crippen LogP contribution is 2.20. The minimum Gasteiger partial charge on any atom is -0.336 e. The van der Waals surface area contributed by atoms with Gasteiger partial charge >= 0.3 is 0 Å². The van der Waals surface area contributed by atoms with Crippen LogP contribution in [0.1, 0.15) is 32.3 Å². The number of hydrogen-bond acceptors (Lipinski definition) is 4. The van der Waals surface area contributed by atoms with Crippen LogP contribution in [0.5, 0.6) is 0 Å². The van der Waals surface area contributed by atoms with Crippen LogP contribution >= 0.6 is 0 Å². The lowest BCUT2D eigenvalue weighted by Crippen LogP contribution is -2.37. The summed E-state index contributed by atoms with van der Waals surface area (Å²) in [4.78, 5) is 42.3. The summed E-state index contributed by atoms with van der Waals surface area (Å²) >= 11 is 0. The summed E-state index contributed by atoms with van der Waals surface area (Å²) in [5.41, 5.74) is 2.57. The molecule has 4 aromatic rings. The number of benzene rings is 3. The maximum absolute atomic E-state index is 13.2. The van der Waals surface area contributed by atoms with Gasteiger partial charge in [0.15, 0.2) is 0 Å². The van der Waals surface area contributed by atoms with Crippen molar-refractivity contribution in [3.05, 3.63) is 126 Å². The van der Waals surface area contributed by atoms with Crippen molar-refractivity contribution in [3.8, 4) is 0 Å². The first kappa shape index (κ1) is 22.4. The third-order valence-corrected chi connectivity index (χ3v) is 5.04. The number of hydrogen-bond donors (Lipinski definition) is 3. The molecule has 34 heavy (non-hydrogen) atoms. The molecule has 1 aromatic heterocycles. The number of carbonyl (C=O) groups is 3. The monoisotopic (exact) mass is 450 g/mol. The predicted octanol–water partition coefficient (Wildman–Crippen LogP) is 4.44. The molecule has 4 rings (SSSR count). The highest BCUT2D eigenvalue weighted by molar-refractivity contribution is 6.05. The molecule has 3 N–H and O–H groups in total. The van der Waals surface area contributed by atoms with Crippen molar-refractivity contribution in [2.24, 2.45) is 0 Å². The summed E-state index contributed by atoms with van der Waals surface area (Å²) in [7, 11) is 0. The van der Waals surface area contributed by atoms with Gasteiger partial charge in [-0.2, -0.15) is 0 Å². The number of pyridine rings is 1. The average molecular weight is 450 g/mol. The van der Waals surface area contributed by atoms with Crippen molar-refractivity contribution in [1.29, 1.82) is 0 Å². The second-order valence-corrected chi connectivity index (χ2v) is 7.44. The molecule has 0 aliphatic rings. The second-order valence-electron chi connectivity index (χ2n) is 7.44. The lowest BCUT2D eigenvalue weighted by atomic mass is 10.0. The van der Waals surface area contributed by atoms with Gasteiger partial charge in [-0.15, -0.1) is 0 Å². The smallest absolute Gasteiger partial charge is 0.255 e. The number of carbonyl (C=O) groups excluding carboxylic acids is 3. The normalized spacial score (nSPS) is 11.2. The lowest BCUT2D eigenvalue weighted by Gasteiger charge is -2.19. The summed E-state index contributed by atoms with van der Waals surface area (Å²) in [6.45, 7) is 0. The van der Waals surface area contributed by atoms with Gasteiger partial charge in [-0.05, 0) is 48.0 Å². The van der Waals surface area contributed by atoms with Gasteiger partial charge < -0.3 is 16.0 Å². The van der Waals surface area contributed by atoms with E-state index in [0.29, 0.717) is 28.1 Å². The Bertz CT molecular complexity index is 1280. The van der Waals surface area contributed by atoms with Gasteiger partial charge in [0, 0.05) is 34.9 Å². The third kappa shape index (κ3) is 5.72. The van der Waals surface area contributed by atoms with E-state index < -0.39 is 11.9 Å². The number of anilines is 2. The van der Waals surface area contributed by atoms with Crippen molar-refractivity contribution in [2.45, 2.75) is 6.04 Å². The molecule has 0 fully saturated rings. The highest BCUT2D eigenvalue weighted by atomic mass is 16.2. The van der Waals surface area contributed by atoms with Crippen molar-refractivity contribution in [2.75, 3.05) is 10.6 Å². The van der Waals surface area contributed by atoms with E-state index in [2.05, 4.69) is 20.9 Å². The molecule has 3 amide bonds. The Morgan fingerprint density at radius 1 is 0.618 bits per heavy atom. The van der Waals surface area contributed by atoms with E-state index >= 15 is 0 Å². The molecule has 0 bridgehead atoms. The fourth-order valence-electron chi connectivity index (χ4n) is 3.35. The molecular weight excluding hydrogens is 428 g/mol. The molecule has 0 aliphatic carbocycles. The number of rotatable bonds is 7. The standard InChI is InChI=1S/C27H22N4O3/c32-25(21-14-16-28-17-15-21)29-22-12-7-13-23(18-22)30-27(34)24(19-8-3-1-4-9-19)31-26(33)20-10-5-2-6-11-20/h1-18,24H,(H,29,32)(H,30,34)(H,31,33). The van der Waals surface area contributed by atoms with Crippen molar-refractivity contribution in [1.82, 2.24) is 10.3 Å². The maximum atomic E-state index is 13.2. The van der Waals surface area contributed by atoms with Crippen LogP contribution in [0, 0.1) is 0 Å². The number of amides is 3. The Balaban J connectivity index is 1.50. The minimum absolute atomic E-state index is 0.289. The van der Waals surface area contributed by atoms with Crippen molar-refractivity contribution >= 4 is 29.1 Å². The van der Waals surface area contributed by atoms with Gasteiger partial charge in [-0.25, -0.2) is 0 Å². The Labute approximate surface area is 196 Å². The largest absolute Gasteiger partial charge is 0.336 e. The quantitative estimate of drug-likeness (QED) is 0.387. The lowest BCUT2D eigenvalue weighted by molar-refractivity contribution is -0.118. The van der Waals surface area contributed by atoms with Crippen LogP contribution < -0.4 is 16.0 Å². The first-order chi connectivity index (χ1) is 16.6. The van der Waals surface area contributed by atoms with E-state index in [9.17, 15) is 14.4 Å². The van der Waals surface area contributed by atoms with Crippen LogP contribution in [0.4, 0.5) is 11.4 Å². The van der Waals surface area contributed by atoms with Gasteiger partial charge in [-0.1, -0.05) is 54.6 Å². The zero-order valence-corrected chi connectivity index (χ0v) is 18.1. The van der Waals surface area contributed by atoms with Crippen LogP contribution in [-0.4, -0.2) is 22.7 Å². The van der Waals surface area contributed by atoms with Gasteiger partial charge in [0.05, 0.1) is 0 Å². The zero-order chi connectivity index (χ0) is 23.8. The molecule has 7 heteroatoms. The number of aromatic nitrogens is 1. The third-order valence-electron chi connectivity index (χ3n) is 5.04. The van der Waals surface area contributed by atoms with Gasteiger partial charge in [0.25, 0.3) is 17.7 Å². The molecule has 1 unspecified atom stereocenters. The minimum atomic E-state index is -0.913. The maximum Gasteiger partial charge on any atom is 0.255 e. The average Bonchev–Trinajstić information content (AvgIpc) is 2.89.